The van der Waals surface area contributed by atoms with Gasteiger partial charge in [-0.1, -0.05) is 18.2 Å². The molecule has 0 radical (unpaired) electrons. The zero-order valence-electron chi connectivity index (χ0n) is 14.0. The lowest BCUT2D eigenvalue weighted by molar-refractivity contribution is -0.121. The summed E-state index contributed by atoms with van der Waals surface area (Å²) in [7, 11) is 2.02. The molecule has 0 saturated carbocycles. The highest BCUT2D eigenvalue weighted by Gasteiger charge is 2.23. The quantitative estimate of drug-likeness (QED) is 0.799. The number of amides is 1. The molecule has 2 aromatic heterocycles. The van der Waals surface area contributed by atoms with Gasteiger partial charge >= 0.3 is 0 Å². The molecule has 6 heteroatoms. The first kappa shape index (κ1) is 14.9. The Morgan fingerprint density at radius 2 is 2.17 bits per heavy atom. The number of rotatable bonds is 3. The average molecular weight is 323 g/mol. The summed E-state index contributed by atoms with van der Waals surface area (Å²) in [6.45, 7) is 2.71. The third-order valence-electron chi connectivity index (χ3n) is 4.83. The maximum absolute atomic E-state index is 12.5. The molecule has 0 spiro atoms. The van der Waals surface area contributed by atoms with Crippen LogP contribution in [0.5, 0.6) is 0 Å². The number of hydrogen-bond acceptors (Lipinski definition) is 3. The Balaban J connectivity index is 1.46. The van der Waals surface area contributed by atoms with Crippen molar-refractivity contribution in [2.45, 2.75) is 38.8 Å². The van der Waals surface area contributed by atoms with Crippen LogP contribution in [0.4, 0.5) is 0 Å². The minimum absolute atomic E-state index is 0.0746. The van der Waals surface area contributed by atoms with Gasteiger partial charge < -0.3 is 14.5 Å². The number of nitrogens with zero attached hydrogens (tertiary/aromatic N) is 4. The van der Waals surface area contributed by atoms with Crippen molar-refractivity contribution in [2.75, 3.05) is 0 Å². The third-order valence-corrected chi connectivity index (χ3v) is 4.83. The van der Waals surface area contributed by atoms with E-state index in [1.54, 1.807) is 0 Å². The van der Waals surface area contributed by atoms with E-state index in [0.717, 1.165) is 47.5 Å². The standard InChI is InChI=1S/C18H21N5O/c1-12-20-21-17-8-7-14(11-23(12)17)19-18(24)9-13-10-22(2)16-6-4-3-5-15(13)16/h3-6,10,14H,7-9,11H2,1-2H3,(H,19,24)/t14-/m0/s1. The topological polar surface area (TPSA) is 64.7 Å². The van der Waals surface area contributed by atoms with Gasteiger partial charge in [0.2, 0.25) is 5.91 Å². The van der Waals surface area contributed by atoms with Crippen molar-refractivity contribution in [3.63, 3.8) is 0 Å². The lowest BCUT2D eigenvalue weighted by Gasteiger charge is -2.24. The lowest BCUT2D eigenvalue weighted by atomic mass is 10.1. The second-order valence-electron chi connectivity index (χ2n) is 6.54. The van der Waals surface area contributed by atoms with Crippen LogP contribution in [0.15, 0.2) is 30.5 Å². The van der Waals surface area contributed by atoms with Crippen LogP contribution in [0.25, 0.3) is 10.9 Å². The predicted molar refractivity (Wildman–Crippen MR) is 91.6 cm³/mol. The summed E-state index contributed by atoms with van der Waals surface area (Å²) in [5, 5.41) is 12.6. The first-order valence-electron chi connectivity index (χ1n) is 8.33. The highest BCUT2D eigenvalue weighted by molar-refractivity contribution is 5.89. The van der Waals surface area contributed by atoms with E-state index in [0.29, 0.717) is 6.42 Å². The number of aromatic nitrogens is 4. The van der Waals surface area contributed by atoms with Gasteiger partial charge in [-0.3, -0.25) is 4.79 Å². The number of fused-ring (bicyclic) bond motifs is 2. The maximum atomic E-state index is 12.5. The summed E-state index contributed by atoms with van der Waals surface area (Å²) in [5.41, 5.74) is 2.23. The Kier molecular flexibility index (Phi) is 3.59. The summed E-state index contributed by atoms with van der Waals surface area (Å²) in [6, 6.07) is 8.34. The Morgan fingerprint density at radius 3 is 3.04 bits per heavy atom. The van der Waals surface area contributed by atoms with Gasteiger partial charge in [-0.05, 0) is 25.0 Å². The summed E-state index contributed by atoms with van der Waals surface area (Å²) < 4.78 is 4.18. The number of benzene rings is 1. The molecule has 4 rings (SSSR count). The fourth-order valence-corrected chi connectivity index (χ4v) is 3.60. The molecule has 1 aromatic carbocycles. The molecule has 3 heterocycles. The van der Waals surface area contributed by atoms with Crippen LogP contribution in [0.1, 0.15) is 23.6 Å². The van der Waals surface area contributed by atoms with E-state index < -0.39 is 0 Å². The lowest BCUT2D eigenvalue weighted by Crippen LogP contribution is -2.41. The van der Waals surface area contributed by atoms with Gasteiger partial charge in [0.1, 0.15) is 11.6 Å². The number of carbonyl (C=O) groups is 1. The molecule has 1 amide bonds. The molecular formula is C18H21N5O. The van der Waals surface area contributed by atoms with Crippen LogP contribution < -0.4 is 5.32 Å². The second-order valence-corrected chi connectivity index (χ2v) is 6.54. The highest BCUT2D eigenvalue weighted by Crippen LogP contribution is 2.21. The van der Waals surface area contributed by atoms with E-state index in [1.807, 2.05) is 32.3 Å². The summed E-state index contributed by atoms with van der Waals surface area (Å²) in [5.74, 6) is 2.01. The van der Waals surface area contributed by atoms with Crippen LogP contribution in [-0.2, 0) is 31.2 Å². The summed E-state index contributed by atoms with van der Waals surface area (Å²) >= 11 is 0. The molecule has 1 aliphatic heterocycles. The number of hydrogen-bond donors (Lipinski definition) is 1. The van der Waals surface area contributed by atoms with Crippen LogP contribution >= 0.6 is 0 Å². The Bertz CT molecular complexity index is 907. The fourth-order valence-electron chi connectivity index (χ4n) is 3.60. The normalized spacial score (nSPS) is 17.0. The van der Waals surface area contributed by atoms with Crippen molar-refractivity contribution in [1.82, 2.24) is 24.6 Å². The molecule has 124 valence electrons. The van der Waals surface area contributed by atoms with Crippen molar-refractivity contribution in [2.24, 2.45) is 7.05 Å². The average Bonchev–Trinajstić information content (AvgIpc) is 3.09. The monoisotopic (exact) mass is 323 g/mol. The minimum Gasteiger partial charge on any atom is -0.351 e. The van der Waals surface area contributed by atoms with E-state index in [9.17, 15) is 4.79 Å². The molecule has 0 saturated heterocycles. The SMILES string of the molecule is Cc1nnc2n1C[C@@H](NC(=O)Cc1cn(C)c3ccccc13)CC2. The summed E-state index contributed by atoms with van der Waals surface area (Å²) in [6.07, 6.45) is 4.23. The minimum atomic E-state index is 0.0746. The predicted octanol–water partition coefficient (Wildman–Crippen LogP) is 1.75. The van der Waals surface area contributed by atoms with Gasteiger partial charge in [0, 0.05) is 43.2 Å². The molecular weight excluding hydrogens is 302 g/mol. The number of nitrogens with one attached hydrogen (secondary N) is 1. The number of para-hydroxylation sites is 1. The van der Waals surface area contributed by atoms with Gasteiger partial charge in [-0.25, -0.2) is 0 Å². The van der Waals surface area contributed by atoms with Gasteiger partial charge in [0.05, 0.1) is 6.42 Å². The van der Waals surface area contributed by atoms with Crippen LogP contribution in [0.2, 0.25) is 0 Å². The van der Waals surface area contributed by atoms with Crippen molar-refractivity contribution >= 4 is 16.8 Å². The third kappa shape index (κ3) is 2.58. The van der Waals surface area contributed by atoms with E-state index in [-0.39, 0.29) is 11.9 Å². The first-order chi connectivity index (χ1) is 11.6. The van der Waals surface area contributed by atoms with Gasteiger partial charge in [-0.2, -0.15) is 0 Å². The first-order valence-corrected chi connectivity index (χ1v) is 8.33. The summed E-state index contributed by atoms with van der Waals surface area (Å²) in [4.78, 5) is 12.5. The molecule has 3 aromatic rings. The number of aryl methyl sites for hydroxylation is 3. The molecule has 24 heavy (non-hydrogen) atoms. The smallest absolute Gasteiger partial charge is 0.224 e. The highest BCUT2D eigenvalue weighted by atomic mass is 16.1. The molecule has 0 fully saturated rings. The van der Waals surface area contributed by atoms with Crippen molar-refractivity contribution in [1.29, 1.82) is 0 Å². The van der Waals surface area contributed by atoms with E-state index in [4.69, 9.17) is 0 Å². The fraction of sp³-hybridized carbons (Fsp3) is 0.389. The van der Waals surface area contributed by atoms with Gasteiger partial charge in [0.15, 0.2) is 0 Å². The zero-order valence-corrected chi connectivity index (χ0v) is 14.0. The molecule has 0 bridgehead atoms. The van der Waals surface area contributed by atoms with Crippen LogP contribution in [0, 0.1) is 6.92 Å². The van der Waals surface area contributed by atoms with Gasteiger partial charge in [-0.15, -0.1) is 10.2 Å². The van der Waals surface area contributed by atoms with Gasteiger partial charge in [0.25, 0.3) is 0 Å². The molecule has 0 unspecified atom stereocenters. The number of carbonyl (C=O) groups excluding carboxylic acids is 1. The van der Waals surface area contributed by atoms with Crippen molar-refractivity contribution < 1.29 is 4.79 Å². The van der Waals surface area contributed by atoms with Crippen molar-refractivity contribution in [3.05, 3.63) is 47.7 Å². The Labute approximate surface area is 140 Å². The van der Waals surface area contributed by atoms with E-state index >= 15 is 0 Å². The molecule has 1 N–H and O–H groups in total. The molecule has 1 aliphatic rings. The van der Waals surface area contributed by atoms with Crippen LogP contribution in [0.3, 0.4) is 0 Å². The Hall–Kier alpha value is -2.63. The molecule has 0 aliphatic carbocycles. The van der Waals surface area contributed by atoms with E-state index in [2.05, 4.69) is 36.8 Å². The van der Waals surface area contributed by atoms with Crippen molar-refractivity contribution in [3.8, 4) is 0 Å². The second kappa shape index (κ2) is 5.78. The van der Waals surface area contributed by atoms with E-state index in [1.165, 1.54) is 0 Å². The van der Waals surface area contributed by atoms with Crippen LogP contribution in [-0.4, -0.2) is 31.3 Å². The largest absolute Gasteiger partial charge is 0.351 e. The Morgan fingerprint density at radius 1 is 1.33 bits per heavy atom. The maximum Gasteiger partial charge on any atom is 0.224 e. The zero-order chi connectivity index (χ0) is 16.7. The molecule has 6 nitrogen and oxygen atoms in total. The molecule has 1 atom stereocenters.